The van der Waals surface area contributed by atoms with Crippen LogP contribution in [0.25, 0.3) is 0 Å². The van der Waals surface area contributed by atoms with Gasteiger partial charge in [0.25, 0.3) is 0 Å². The highest BCUT2D eigenvalue weighted by molar-refractivity contribution is 7.11. The van der Waals surface area contributed by atoms with E-state index in [2.05, 4.69) is 24.1 Å². The van der Waals surface area contributed by atoms with Crippen LogP contribution in [0.2, 0.25) is 0 Å². The van der Waals surface area contributed by atoms with Gasteiger partial charge < -0.3 is 14.8 Å². The Morgan fingerprint density at radius 1 is 1.53 bits per heavy atom. The maximum atomic E-state index is 5.64. The van der Waals surface area contributed by atoms with Gasteiger partial charge in [0.05, 0.1) is 18.2 Å². The predicted molar refractivity (Wildman–Crippen MR) is 77.7 cm³/mol. The quantitative estimate of drug-likeness (QED) is 0.835. The van der Waals surface area contributed by atoms with Crippen molar-refractivity contribution < 1.29 is 9.47 Å². The summed E-state index contributed by atoms with van der Waals surface area (Å²) >= 11 is 1.79. The van der Waals surface area contributed by atoms with Crippen molar-refractivity contribution in [3.63, 3.8) is 0 Å². The van der Waals surface area contributed by atoms with Crippen LogP contribution < -0.4 is 5.32 Å². The number of hydrogen-bond donors (Lipinski definition) is 1. The number of nitrogens with one attached hydrogen (secondary N) is 1. The van der Waals surface area contributed by atoms with Crippen LogP contribution in [0.4, 0.5) is 0 Å². The minimum Gasteiger partial charge on any atom is -0.377 e. The van der Waals surface area contributed by atoms with E-state index in [4.69, 9.17) is 9.47 Å². The molecule has 19 heavy (non-hydrogen) atoms. The summed E-state index contributed by atoms with van der Waals surface area (Å²) in [5, 5.41) is 4.76. The molecule has 0 aliphatic heterocycles. The molecule has 2 rings (SSSR count). The Morgan fingerprint density at radius 2 is 2.32 bits per heavy atom. The molecule has 4 unspecified atom stereocenters. The molecule has 4 atom stereocenters. The van der Waals surface area contributed by atoms with Crippen LogP contribution in [0.5, 0.6) is 0 Å². The Balaban J connectivity index is 1.87. The fourth-order valence-electron chi connectivity index (χ4n) is 2.52. The topological polar surface area (TPSA) is 43.4 Å². The van der Waals surface area contributed by atoms with Crippen molar-refractivity contribution in [1.29, 1.82) is 0 Å². The SMILES string of the molecule is CCOC1CC(NC(C)c2ncc(CC)s2)C1OC. The van der Waals surface area contributed by atoms with E-state index in [1.807, 2.05) is 13.1 Å². The van der Waals surface area contributed by atoms with E-state index in [-0.39, 0.29) is 18.2 Å². The van der Waals surface area contributed by atoms with Gasteiger partial charge in [-0.1, -0.05) is 6.92 Å². The summed E-state index contributed by atoms with van der Waals surface area (Å²) in [4.78, 5) is 5.83. The lowest BCUT2D eigenvalue weighted by Crippen LogP contribution is -2.60. The summed E-state index contributed by atoms with van der Waals surface area (Å²) in [5.74, 6) is 0. The first-order chi connectivity index (χ1) is 9.19. The van der Waals surface area contributed by atoms with Gasteiger partial charge >= 0.3 is 0 Å². The summed E-state index contributed by atoms with van der Waals surface area (Å²) in [7, 11) is 1.76. The van der Waals surface area contributed by atoms with Crippen LogP contribution in [0, 0.1) is 0 Å². The maximum absolute atomic E-state index is 5.64. The van der Waals surface area contributed by atoms with Crippen LogP contribution in [-0.4, -0.2) is 37.0 Å². The van der Waals surface area contributed by atoms with Gasteiger partial charge in [-0.2, -0.15) is 0 Å². The molecule has 1 aliphatic carbocycles. The number of ether oxygens (including phenoxy) is 2. The molecule has 1 aliphatic rings. The van der Waals surface area contributed by atoms with Gasteiger partial charge in [-0.15, -0.1) is 11.3 Å². The van der Waals surface area contributed by atoms with Crippen LogP contribution >= 0.6 is 11.3 Å². The molecule has 4 nitrogen and oxygen atoms in total. The Morgan fingerprint density at radius 3 is 2.89 bits per heavy atom. The number of methoxy groups -OCH3 is 1. The van der Waals surface area contributed by atoms with Gasteiger partial charge in [0, 0.05) is 30.8 Å². The largest absolute Gasteiger partial charge is 0.377 e. The van der Waals surface area contributed by atoms with Crippen molar-refractivity contribution in [2.45, 2.75) is 57.9 Å². The normalized spacial score (nSPS) is 28.1. The molecule has 0 bridgehead atoms. The Kier molecular flexibility index (Phi) is 5.33. The van der Waals surface area contributed by atoms with Crippen molar-refractivity contribution in [3.8, 4) is 0 Å². The van der Waals surface area contributed by atoms with Gasteiger partial charge in [-0.3, -0.25) is 0 Å². The molecule has 1 N–H and O–H groups in total. The summed E-state index contributed by atoms with van der Waals surface area (Å²) in [6.45, 7) is 7.10. The number of hydrogen-bond acceptors (Lipinski definition) is 5. The molecule has 0 aromatic carbocycles. The summed E-state index contributed by atoms with van der Waals surface area (Å²) in [6.07, 6.45) is 4.45. The predicted octanol–water partition coefficient (Wildman–Crippen LogP) is 2.55. The second-order valence-corrected chi connectivity index (χ2v) is 6.09. The average molecular weight is 284 g/mol. The molecule has 1 saturated carbocycles. The lowest BCUT2D eigenvalue weighted by Gasteiger charge is -2.44. The van der Waals surface area contributed by atoms with Crippen molar-refractivity contribution in [2.24, 2.45) is 0 Å². The first-order valence-corrected chi connectivity index (χ1v) is 7.86. The zero-order chi connectivity index (χ0) is 13.8. The van der Waals surface area contributed by atoms with E-state index in [9.17, 15) is 0 Å². The highest BCUT2D eigenvalue weighted by atomic mass is 32.1. The van der Waals surface area contributed by atoms with E-state index in [0.717, 1.165) is 24.5 Å². The van der Waals surface area contributed by atoms with Crippen LogP contribution in [0.3, 0.4) is 0 Å². The van der Waals surface area contributed by atoms with Gasteiger partial charge in [-0.25, -0.2) is 4.98 Å². The van der Waals surface area contributed by atoms with Gasteiger partial charge in [-0.05, 0) is 26.7 Å². The average Bonchev–Trinajstić information content (AvgIpc) is 2.86. The fraction of sp³-hybridized carbons (Fsp3) is 0.786. The van der Waals surface area contributed by atoms with Crippen LogP contribution in [-0.2, 0) is 15.9 Å². The zero-order valence-corrected chi connectivity index (χ0v) is 13.0. The zero-order valence-electron chi connectivity index (χ0n) is 12.2. The van der Waals surface area contributed by atoms with Crippen molar-refractivity contribution in [1.82, 2.24) is 10.3 Å². The Bertz CT molecular complexity index is 397. The molecular weight excluding hydrogens is 260 g/mol. The van der Waals surface area contributed by atoms with Gasteiger partial charge in [0.1, 0.15) is 5.01 Å². The smallest absolute Gasteiger partial charge is 0.109 e. The maximum Gasteiger partial charge on any atom is 0.109 e. The van der Waals surface area contributed by atoms with E-state index in [1.165, 1.54) is 4.88 Å². The van der Waals surface area contributed by atoms with E-state index < -0.39 is 0 Å². The van der Waals surface area contributed by atoms with Crippen molar-refractivity contribution >= 4 is 11.3 Å². The highest BCUT2D eigenvalue weighted by Gasteiger charge is 2.42. The van der Waals surface area contributed by atoms with Crippen LogP contribution in [0.1, 0.15) is 43.1 Å². The number of aromatic nitrogens is 1. The molecule has 1 aromatic heterocycles. The van der Waals surface area contributed by atoms with E-state index in [1.54, 1.807) is 18.4 Å². The third kappa shape index (κ3) is 3.34. The third-order valence-corrected chi connectivity index (χ3v) is 4.98. The summed E-state index contributed by atoms with van der Waals surface area (Å²) in [5.41, 5.74) is 0. The fourth-order valence-corrected chi connectivity index (χ4v) is 3.38. The Hall–Kier alpha value is -0.490. The molecule has 1 fully saturated rings. The number of thiazole rings is 1. The number of nitrogens with zero attached hydrogens (tertiary/aromatic N) is 1. The highest BCUT2D eigenvalue weighted by Crippen LogP contribution is 2.30. The Labute approximate surface area is 119 Å². The molecule has 1 aromatic rings. The van der Waals surface area contributed by atoms with Crippen LogP contribution in [0.15, 0.2) is 6.20 Å². The lowest BCUT2D eigenvalue weighted by atomic mass is 9.84. The first-order valence-electron chi connectivity index (χ1n) is 7.04. The van der Waals surface area contributed by atoms with E-state index in [0.29, 0.717) is 6.04 Å². The van der Waals surface area contributed by atoms with E-state index >= 15 is 0 Å². The molecule has 0 radical (unpaired) electrons. The molecule has 1 heterocycles. The standard InChI is InChI=1S/C14H24N2O2S/c1-5-10-8-15-14(19-10)9(3)16-11-7-12(18-6-2)13(11)17-4/h8-9,11-13,16H,5-7H2,1-4H3. The number of aryl methyl sites for hydroxylation is 1. The first kappa shape index (κ1) is 14.9. The lowest BCUT2D eigenvalue weighted by molar-refractivity contribution is -0.133. The second-order valence-electron chi connectivity index (χ2n) is 4.94. The molecular formula is C14H24N2O2S. The molecule has 0 spiro atoms. The minimum atomic E-state index is 0.160. The van der Waals surface area contributed by atoms with Gasteiger partial charge in [0.15, 0.2) is 0 Å². The monoisotopic (exact) mass is 284 g/mol. The second kappa shape index (κ2) is 6.79. The minimum absolute atomic E-state index is 0.160. The molecule has 0 saturated heterocycles. The molecule has 0 amide bonds. The summed E-state index contributed by atoms with van der Waals surface area (Å²) in [6, 6.07) is 0.640. The summed E-state index contributed by atoms with van der Waals surface area (Å²) < 4.78 is 11.2. The third-order valence-electron chi connectivity index (χ3n) is 3.66. The number of rotatable bonds is 7. The van der Waals surface area contributed by atoms with Crippen molar-refractivity contribution in [3.05, 3.63) is 16.1 Å². The van der Waals surface area contributed by atoms with Crippen molar-refractivity contribution in [2.75, 3.05) is 13.7 Å². The molecule has 5 heteroatoms. The molecule has 108 valence electrons. The van der Waals surface area contributed by atoms with Gasteiger partial charge in [0.2, 0.25) is 0 Å².